The molecule has 0 heterocycles. The predicted octanol–water partition coefficient (Wildman–Crippen LogP) is 1.46. The van der Waals surface area contributed by atoms with E-state index in [-0.39, 0.29) is 18.3 Å². The maximum absolute atomic E-state index is 13.3. The fourth-order valence-electron chi connectivity index (χ4n) is 1.80. The van der Waals surface area contributed by atoms with Crippen molar-refractivity contribution in [2.45, 2.75) is 6.04 Å². The summed E-state index contributed by atoms with van der Waals surface area (Å²) in [5.74, 6) is -0.402. The van der Waals surface area contributed by atoms with E-state index >= 15 is 0 Å². The molecule has 0 spiro atoms. The zero-order valence-corrected chi connectivity index (χ0v) is 12.5. The molecule has 7 heteroatoms. The van der Waals surface area contributed by atoms with Gasteiger partial charge in [0, 0.05) is 30.4 Å². The van der Waals surface area contributed by atoms with Crippen LogP contribution in [0.2, 0.25) is 5.02 Å². The molecule has 0 saturated heterocycles. The number of nitrogens with two attached hydrogens (primary N) is 1. The van der Waals surface area contributed by atoms with Gasteiger partial charge in [0.15, 0.2) is 0 Å². The minimum Gasteiger partial charge on any atom is -0.329 e. The summed E-state index contributed by atoms with van der Waals surface area (Å²) in [6, 6.07) is 3.95. The molecule has 4 nitrogen and oxygen atoms in total. The predicted molar refractivity (Wildman–Crippen MR) is 75.5 cm³/mol. The van der Waals surface area contributed by atoms with Gasteiger partial charge in [-0.3, -0.25) is 4.90 Å². The van der Waals surface area contributed by atoms with Crippen LogP contribution >= 0.6 is 11.6 Å². The van der Waals surface area contributed by atoms with Gasteiger partial charge in [0.05, 0.1) is 5.75 Å². The Morgan fingerprint density at radius 2 is 2.05 bits per heavy atom. The lowest BCUT2D eigenvalue weighted by atomic mass is 10.1. The summed E-state index contributed by atoms with van der Waals surface area (Å²) in [4.78, 5) is 1.78. The zero-order valence-electron chi connectivity index (χ0n) is 10.9. The Morgan fingerprint density at radius 3 is 2.53 bits per heavy atom. The number of benzene rings is 1. The highest BCUT2D eigenvalue weighted by Gasteiger charge is 2.18. The second-order valence-corrected chi connectivity index (χ2v) is 7.26. The van der Waals surface area contributed by atoms with Crippen LogP contribution in [0.25, 0.3) is 0 Å². The third kappa shape index (κ3) is 5.44. The summed E-state index contributed by atoms with van der Waals surface area (Å²) < 4.78 is 35.6. The van der Waals surface area contributed by atoms with E-state index in [4.69, 9.17) is 17.3 Å². The van der Waals surface area contributed by atoms with Crippen molar-refractivity contribution >= 4 is 21.4 Å². The van der Waals surface area contributed by atoms with Crippen LogP contribution in [-0.4, -0.2) is 45.5 Å². The van der Waals surface area contributed by atoms with E-state index in [2.05, 4.69) is 0 Å². The van der Waals surface area contributed by atoms with Gasteiger partial charge in [-0.2, -0.15) is 0 Å². The molecule has 19 heavy (non-hydrogen) atoms. The first kappa shape index (κ1) is 16.4. The highest BCUT2D eigenvalue weighted by atomic mass is 35.5. The molecule has 0 aliphatic heterocycles. The molecule has 0 fully saturated rings. The van der Waals surface area contributed by atoms with Crippen molar-refractivity contribution in [2.24, 2.45) is 5.73 Å². The van der Waals surface area contributed by atoms with Crippen LogP contribution in [0.5, 0.6) is 0 Å². The Bertz CT molecular complexity index is 516. The maximum atomic E-state index is 13.3. The lowest BCUT2D eigenvalue weighted by molar-refractivity contribution is 0.264. The summed E-state index contributed by atoms with van der Waals surface area (Å²) in [6.45, 7) is 0.578. The molecule has 1 atom stereocenters. The van der Waals surface area contributed by atoms with Crippen molar-refractivity contribution in [3.8, 4) is 0 Å². The number of rotatable bonds is 6. The Balaban J connectivity index is 2.87. The average molecular weight is 309 g/mol. The molecule has 2 N–H and O–H groups in total. The van der Waals surface area contributed by atoms with E-state index in [0.29, 0.717) is 17.1 Å². The number of halogens is 2. The van der Waals surface area contributed by atoms with E-state index in [0.717, 1.165) is 0 Å². The number of sulfone groups is 1. The number of likely N-dealkylation sites (N-methyl/N-ethyl adjacent to an activating group) is 1. The number of nitrogens with zero attached hydrogens (tertiary/aromatic N) is 1. The average Bonchev–Trinajstić information content (AvgIpc) is 2.25. The normalized spacial score (nSPS) is 13.8. The fourth-order valence-corrected chi connectivity index (χ4v) is 2.65. The molecule has 0 aliphatic carbocycles. The SMILES string of the molecule is CN(CCS(C)(=O)=O)C(CN)c1cc(F)cc(Cl)c1. The van der Waals surface area contributed by atoms with Gasteiger partial charge >= 0.3 is 0 Å². The van der Waals surface area contributed by atoms with Crippen LogP contribution in [0.3, 0.4) is 0 Å². The third-order valence-electron chi connectivity index (χ3n) is 2.84. The van der Waals surface area contributed by atoms with E-state index < -0.39 is 15.7 Å². The van der Waals surface area contributed by atoms with Crippen molar-refractivity contribution in [2.75, 3.05) is 32.1 Å². The molecule has 0 bridgehead atoms. The van der Waals surface area contributed by atoms with Crippen molar-refractivity contribution < 1.29 is 12.8 Å². The minimum atomic E-state index is -3.04. The van der Waals surface area contributed by atoms with Crippen molar-refractivity contribution in [3.63, 3.8) is 0 Å². The Morgan fingerprint density at radius 1 is 1.42 bits per heavy atom. The summed E-state index contributed by atoms with van der Waals surface area (Å²) in [5, 5.41) is 0.296. The molecule has 0 aromatic heterocycles. The smallest absolute Gasteiger partial charge is 0.148 e. The van der Waals surface area contributed by atoms with E-state index in [9.17, 15) is 12.8 Å². The quantitative estimate of drug-likeness (QED) is 0.864. The Kier molecular flexibility index (Phi) is 5.73. The van der Waals surface area contributed by atoms with Gasteiger partial charge in [-0.05, 0) is 30.8 Å². The van der Waals surface area contributed by atoms with E-state index in [1.807, 2.05) is 0 Å². The molecule has 0 aliphatic rings. The van der Waals surface area contributed by atoms with Gasteiger partial charge in [0.25, 0.3) is 0 Å². The number of hydrogen-bond donors (Lipinski definition) is 1. The highest BCUT2D eigenvalue weighted by molar-refractivity contribution is 7.90. The van der Waals surface area contributed by atoms with Crippen molar-refractivity contribution in [1.29, 1.82) is 0 Å². The molecule has 1 aromatic carbocycles. The van der Waals surface area contributed by atoms with Crippen LogP contribution < -0.4 is 5.73 Å². The molecular weight excluding hydrogens is 291 g/mol. The molecule has 1 aromatic rings. The summed E-state index contributed by atoms with van der Waals surface area (Å²) in [7, 11) is -1.29. The second kappa shape index (κ2) is 6.65. The van der Waals surface area contributed by atoms with Gasteiger partial charge in [-0.25, -0.2) is 12.8 Å². The molecular formula is C12H18ClFN2O2S. The molecule has 0 radical (unpaired) electrons. The molecule has 0 amide bonds. The zero-order chi connectivity index (χ0) is 14.6. The molecule has 1 rings (SSSR count). The van der Waals surface area contributed by atoms with Gasteiger partial charge in [0.1, 0.15) is 15.7 Å². The van der Waals surface area contributed by atoms with Gasteiger partial charge in [0.2, 0.25) is 0 Å². The highest BCUT2D eigenvalue weighted by Crippen LogP contribution is 2.23. The van der Waals surface area contributed by atoms with Gasteiger partial charge < -0.3 is 5.73 Å². The van der Waals surface area contributed by atoms with Gasteiger partial charge in [-0.15, -0.1) is 0 Å². The summed E-state index contributed by atoms with van der Waals surface area (Å²) in [5.41, 5.74) is 6.33. The number of hydrogen-bond acceptors (Lipinski definition) is 4. The minimum absolute atomic E-state index is 0.0308. The second-order valence-electron chi connectivity index (χ2n) is 4.56. The molecule has 108 valence electrons. The van der Waals surface area contributed by atoms with Crippen LogP contribution in [0.4, 0.5) is 4.39 Å². The van der Waals surface area contributed by atoms with E-state index in [1.165, 1.54) is 18.4 Å². The van der Waals surface area contributed by atoms with Crippen molar-refractivity contribution in [3.05, 3.63) is 34.6 Å². The standard InChI is InChI=1S/C12H18ClFN2O2S/c1-16(3-4-19(2,17)18)12(8-15)9-5-10(13)7-11(14)6-9/h5-7,12H,3-4,8,15H2,1-2H3. The first-order chi connectivity index (χ1) is 8.73. The lowest BCUT2D eigenvalue weighted by Gasteiger charge is -2.27. The van der Waals surface area contributed by atoms with Gasteiger partial charge in [-0.1, -0.05) is 11.6 Å². The topological polar surface area (TPSA) is 63.4 Å². The molecule has 0 saturated carbocycles. The Hall–Kier alpha value is -0.690. The van der Waals surface area contributed by atoms with Crippen LogP contribution in [-0.2, 0) is 9.84 Å². The first-order valence-corrected chi connectivity index (χ1v) is 8.21. The lowest BCUT2D eigenvalue weighted by Crippen LogP contribution is -2.34. The largest absolute Gasteiger partial charge is 0.329 e. The van der Waals surface area contributed by atoms with Crippen LogP contribution in [0.15, 0.2) is 18.2 Å². The van der Waals surface area contributed by atoms with Crippen LogP contribution in [0, 0.1) is 5.82 Å². The first-order valence-electron chi connectivity index (χ1n) is 5.77. The van der Waals surface area contributed by atoms with Crippen LogP contribution in [0.1, 0.15) is 11.6 Å². The Labute approximate surface area is 118 Å². The van der Waals surface area contributed by atoms with E-state index in [1.54, 1.807) is 18.0 Å². The maximum Gasteiger partial charge on any atom is 0.148 e. The fraction of sp³-hybridized carbons (Fsp3) is 0.500. The monoisotopic (exact) mass is 308 g/mol. The summed E-state index contributed by atoms with van der Waals surface area (Å²) in [6.07, 6.45) is 1.18. The third-order valence-corrected chi connectivity index (χ3v) is 3.98. The summed E-state index contributed by atoms with van der Waals surface area (Å²) >= 11 is 5.81. The van der Waals surface area contributed by atoms with Crippen molar-refractivity contribution in [1.82, 2.24) is 4.90 Å². The molecule has 1 unspecified atom stereocenters.